The molecule has 3 aromatic carbocycles. The normalized spacial score (nSPS) is 20.1. The van der Waals surface area contributed by atoms with Crippen molar-refractivity contribution in [1.29, 1.82) is 0 Å². The third-order valence-corrected chi connectivity index (χ3v) is 6.07. The fourth-order valence-corrected chi connectivity index (χ4v) is 4.34. The lowest BCUT2D eigenvalue weighted by molar-refractivity contribution is -0.138. The van der Waals surface area contributed by atoms with Crippen molar-refractivity contribution in [2.45, 2.75) is 25.8 Å². The predicted octanol–water partition coefficient (Wildman–Crippen LogP) is 4.87. The van der Waals surface area contributed by atoms with Gasteiger partial charge in [-0.25, -0.2) is 0 Å². The summed E-state index contributed by atoms with van der Waals surface area (Å²) in [7, 11) is 0. The highest BCUT2D eigenvalue weighted by molar-refractivity contribution is 5.85. The molecule has 0 aromatic heterocycles. The predicted molar refractivity (Wildman–Crippen MR) is 116 cm³/mol. The van der Waals surface area contributed by atoms with Gasteiger partial charge in [0.2, 0.25) is 5.91 Å². The Labute approximate surface area is 172 Å². The number of rotatable bonds is 6. The number of aliphatic hydroxyl groups is 1. The van der Waals surface area contributed by atoms with Crippen LogP contribution in [0.4, 0.5) is 0 Å². The first-order valence-corrected chi connectivity index (χ1v) is 10.2. The van der Waals surface area contributed by atoms with Crippen molar-refractivity contribution in [3.05, 3.63) is 96.1 Å². The smallest absolute Gasteiger partial charge is 0.229 e. The summed E-state index contributed by atoms with van der Waals surface area (Å²) in [4.78, 5) is 15.2. The van der Waals surface area contributed by atoms with E-state index in [0.29, 0.717) is 13.0 Å². The van der Waals surface area contributed by atoms with Gasteiger partial charge >= 0.3 is 0 Å². The van der Waals surface area contributed by atoms with Crippen molar-refractivity contribution in [2.75, 3.05) is 13.2 Å². The summed E-state index contributed by atoms with van der Waals surface area (Å²) in [6.45, 7) is 2.68. The van der Waals surface area contributed by atoms with E-state index in [9.17, 15) is 9.90 Å². The van der Waals surface area contributed by atoms with Gasteiger partial charge in [0.05, 0.1) is 18.1 Å². The molecule has 3 aromatic rings. The van der Waals surface area contributed by atoms with Gasteiger partial charge in [-0.05, 0) is 35.1 Å². The molecule has 0 spiro atoms. The summed E-state index contributed by atoms with van der Waals surface area (Å²) in [5.74, 6) is 0.132. The molecule has 29 heavy (non-hydrogen) atoms. The Morgan fingerprint density at radius 3 is 2.10 bits per heavy atom. The molecule has 3 nitrogen and oxygen atoms in total. The molecule has 1 N–H and O–H groups in total. The second-order valence-corrected chi connectivity index (χ2v) is 8.16. The van der Waals surface area contributed by atoms with Crippen LogP contribution in [0.1, 0.15) is 30.5 Å². The van der Waals surface area contributed by atoms with Crippen LogP contribution in [-0.4, -0.2) is 29.1 Å². The maximum absolute atomic E-state index is 13.3. The van der Waals surface area contributed by atoms with Gasteiger partial charge in [-0.15, -0.1) is 0 Å². The highest BCUT2D eigenvalue weighted by atomic mass is 16.3. The second-order valence-electron chi connectivity index (χ2n) is 8.16. The second kappa shape index (κ2) is 8.22. The van der Waals surface area contributed by atoms with Crippen molar-refractivity contribution in [1.82, 2.24) is 4.90 Å². The Kier molecular flexibility index (Phi) is 5.50. The molecule has 3 heteroatoms. The van der Waals surface area contributed by atoms with Crippen LogP contribution in [0.25, 0.3) is 11.1 Å². The lowest BCUT2D eigenvalue weighted by Gasteiger charge is -2.29. The first kappa shape index (κ1) is 19.4. The van der Waals surface area contributed by atoms with E-state index in [1.54, 1.807) is 0 Å². The number of amides is 1. The average molecular weight is 386 g/mol. The molecule has 1 saturated heterocycles. The molecular weight excluding hydrogens is 358 g/mol. The zero-order valence-corrected chi connectivity index (χ0v) is 16.8. The van der Waals surface area contributed by atoms with Gasteiger partial charge in [-0.3, -0.25) is 4.79 Å². The van der Waals surface area contributed by atoms with E-state index in [0.717, 1.165) is 12.0 Å². The molecule has 1 aliphatic rings. The van der Waals surface area contributed by atoms with Gasteiger partial charge in [0.1, 0.15) is 0 Å². The molecule has 1 unspecified atom stereocenters. The number of hydrogen-bond donors (Lipinski definition) is 1. The SMILES string of the molecule is CC1(Cc2ccc(-c3ccccc3)cc2)CCN([C@@H](CO)c2ccccc2)C1=O. The topological polar surface area (TPSA) is 40.5 Å². The Morgan fingerprint density at radius 2 is 1.48 bits per heavy atom. The van der Waals surface area contributed by atoms with E-state index in [2.05, 4.69) is 43.3 Å². The lowest BCUT2D eigenvalue weighted by Crippen LogP contribution is -2.38. The number of nitrogens with zero attached hydrogens (tertiary/aromatic N) is 1. The van der Waals surface area contributed by atoms with Gasteiger partial charge in [0.25, 0.3) is 0 Å². The van der Waals surface area contributed by atoms with Gasteiger partial charge < -0.3 is 10.0 Å². The molecule has 1 aliphatic heterocycles. The minimum atomic E-state index is -0.434. The first-order valence-electron chi connectivity index (χ1n) is 10.2. The van der Waals surface area contributed by atoms with Gasteiger partial charge in [-0.1, -0.05) is 91.9 Å². The standard InChI is InChI=1S/C26H27NO2/c1-26(18-20-12-14-22(15-13-20)21-8-4-2-5-9-21)16-17-27(25(26)29)24(19-28)23-10-6-3-7-11-23/h2-15,24,28H,16-19H2,1H3/t24-,26?/m0/s1. The molecule has 4 rings (SSSR count). The molecule has 0 saturated carbocycles. The van der Waals surface area contributed by atoms with Gasteiger partial charge in [0.15, 0.2) is 0 Å². The van der Waals surface area contributed by atoms with Crippen LogP contribution in [0.2, 0.25) is 0 Å². The molecular formula is C26H27NO2. The summed E-state index contributed by atoms with van der Waals surface area (Å²) in [6.07, 6.45) is 1.51. The molecule has 1 fully saturated rings. The van der Waals surface area contributed by atoms with Crippen LogP contribution in [0.5, 0.6) is 0 Å². The Balaban J connectivity index is 1.50. The Hall–Kier alpha value is -2.91. The highest BCUT2D eigenvalue weighted by Crippen LogP contribution is 2.39. The van der Waals surface area contributed by atoms with E-state index < -0.39 is 5.41 Å². The van der Waals surface area contributed by atoms with Crippen LogP contribution in [-0.2, 0) is 11.2 Å². The zero-order valence-electron chi connectivity index (χ0n) is 16.8. The molecule has 0 aliphatic carbocycles. The number of carbonyl (C=O) groups excluding carboxylic acids is 1. The average Bonchev–Trinajstić information content (AvgIpc) is 3.05. The number of hydrogen-bond acceptors (Lipinski definition) is 2. The zero-order chi connectivity index (χ0) is 20.3. The van der Waals surface area contributed by atoms with Crippen LogP contribution >= 0.6 is 0 Å². The minimum Gasteiger partial charge on any atom is -0.394 e. The largest absolute Gasteiger partial charge is 0.394 e. The minimum absolute atomic E-state index is 0.0579. The van der Waals surface area contributed by atoms with Gasteiger partial charge in [0, 0.05) is 6.54 Å². The summed E-state index contributed by atoms with van der Waals surface area (Å²) >= 11 is 0. The highest BCUT2D eigenvalue weighted by Gasteiger charge is 2.45. The Bertz CT molecular complexity index is 953. The van der Waals surface area contributed by atoms with Gasteiger partial charge in [-0.2, -0.15) is 0 Å². The molecule has 2 atom stereocenters. The van der Waals surface area contributed by atoms with Crippen LogP contribution in [0.15, 0.2) is 84.9 Å². The van der Waals surface area contributed by atoms with Crippen LogP contribution in [0, 0.1) is 5.41 Å². The van der Waals surface area contributed by atoms with Crippen LogP contribution in [0.3, 0.4) is 0 Å². The van der Waals surface area contributed by atoms with Crippen molar-refractivity contribution in [2.24, 2.45) is 5.41 Å². The van der Waals surface area contributed by atoms with Crippen LogP contribution < -0.4 is 0 Å². The van der Waals surface area contributed by atoms with E-state index in [1.807, 2.05) is 53.4 Å². The van der Waals surface area contributed by atoms with E-state index in [-0.39, 0.29) is 18.6 Å². The summed E-state index contributed by atoms with van der Waals surface area (Å²) in [5.41, 5.74) is 4.10. The number of benzene rings is 3. The molecule has 0 radical (unpaired) electrons. The first-order chi connectivity index (χ1) is 14.1. The third kappa shape index (κ3) is 3.96. The molecule has 0 bridgehead atoms. The maximum atomic E-state index is 13.3. The van der Waals surface area contributed by atoms with Crippen molar-refractivity contribution >= 4 is 5.91 Å². The van der Waals surface area contributed by atoms with Crippen molar-refractivity contribution < 1.29 is 9.90 Å². The monoisotopic (exact) mass is 385 g/mol. The quantitative estimate of drug-likeness (QED) is 0.658. The van der Waals surface area contributed by atoms with Crippen molar-refractivity contribution in [3.8, 4) is 11.1 Å². The molecule has 148 valence electrons. The maximum Gasteiger partial charge on any atom is 0.229 e. The number of aliphatic hydroxyl groups excluding tert-OH is 1. The fraction of sp³-hybridized carbons (Fsp3) is 0.269. The molecule has 1 heterocycles. The van der Waals surface area contributed by atoms with Crippen molar-refractivity contribution in [3.63, 3.8) is 0 Å². The number of carbonyl (C=O) groups is 1. The number of likely N-dealkylation sites (tertiary alicyclic amines) is 1. The van der Waals surface area contributed by atoms with E-state index in [1.165, 1.54) is 16.7 Å². The summed E-state index contributed by atoms with van der Waals surface area (Å²) in [6, 6.07) is 28.4. The lowest BCUT2D eigenvalue weighted by atomic mass is 9.82. The molecule has 1 amide bonds. The summed E-state index contributed by atoms with van der Waals surface area (Å²) in [5, 5.41) is 9.96. The van der Waals surface area contributed by atoms with E-state index in [4.69, 9.17) is 0 Å². The summed E-state index contributed by atoms with van der Waals surface area (Å²) < 4.78 is 0. The fourth-order valence-electron chi connectivity index (χ4n) is 4.34. The van der Waals surface area contributed by atoms with E-state index >= 15 is 0 Å². The Morgan fingerprint density at radius 1 is 0.897 bits per heavy atom. The third-order valence-electron chi connectivity index (χ3n) is 6.07.